The Hall–Kier alpha value is -4.26. The molecule has 34 heavy (non-hydrogen) atoms. The van der Waals surface area contributed by atoms with Gasteiger partial charge in [0.2, 0.25) is 6.79 Å². The normalized spacial score (nSPS) is 13.0. The number of hydrogen-bond donors (Lipinski definition) is 1. The molecule has 1 unspecified atom stereocenters. The maximum atomic E-state index is 13.1. The zero-order chi connectivity index (χ0) is 23.8. The van der Waals surface area contributed by atoms with Crippen molar-refractivity contribution in [2.24, 2.45) is 0 Å². The van der Waals surface area contributed by atoms with Gasteiger partial charge in [0.1, 0.15) is 11.3 Å². The summed E-state index contributed by atoms with van der Waals surface area (Å²) in [6, 6.07) is 17.6. The molecule has 7 nitrogen and oxygen atoms in total. The summed E-state index contributed by atoms with van der Waals surface area (Å²) in [5.74, 6) is 1.13. The lowest BCUT2D eigenvalue weighted by Gasteiger charge is -2.19. The summed E-state index contributed by atoms with van der Waals surface area (Å²) in [5.41, 5.74) is 3.74. The Morgan fingerprint density at radius 2 is 1.88 bits per heavy atom. The van der Waals surface area contributed by atoms with E-state index in [1.54, 1.807) is 12.1 Å². The highest BCUT2D eigenvalue weighted by atomic mass is 16.7. The minimum absolute atomic E-state index is 0.120. The molecule has 5 rings (SSSR count). The van der Waals surface area contributed by atoms with Crippen LogP contribution in [0.15, 0.2) is 69.9 Å². The van der Waals surface area contributed by atoms with E-state index in [0.29, 0.717) is 45.0 Å². The monoisotopic (exact) mass is 457 g/mol. The fourth-order valence-corrected chi connectivity index (χ4v) is 4.22. The first-order valence-corrected chi connectivity index (χ1v) is 10.9. The predicted octanol–water partition coefficient (Wildman–Crippen LogP) is 5.46. The number of para-hydroxylation sites is 2. The van der Waals surface area contributed by atoms with Gasteiger partial charge in [-0.3, -0.25) is 4.79 Å². The van der Waals surface area contributed by atoms with Crippen molar-refractivity contribution in [3.8, 4) is 22.8 Å². The summed E-state index contributed by atoms with van der Waals surface area (Å²) in [6.07, 6.45) is 0. The van der Waals surface area contributed by atoms with Crippen LogP contribution < -0.4 is 20.2 Å². The number of carbonyl (C=O) groups is 1. The van der Waals surface area contributed by atoms with Crippen LogP contribution in [-0.4, -0.2) is 19.9 Å². The van der Waals surface area contributed by atoms with E-state index in [4.69, 9.17) is 18.6 Å². The molecule has 0 radical (unpaired) electrons. The molecular formula is C27H23NO6. The van der Waals surface area contributed by atoms with E-state index >= 15 is 0 Å². The number of methoxy groups -OCH3 is 1. The molecule has 0 bridgehead atoms. The molecule has 0 saturated heterocycles. The second-order valence-electron chi connectivity index (χ2n) is 8.15. The zero-order valence-corrected chi connectivity index (χ0v) is 19.0. The summed E-state index contributed by atoms with van der Waals surface area (Å²) < 4.78 is 22.3. The highest BCUT2D eigenvalue weighted by Gasteiger charge is 2.23. The Bertz CT molecular complexity index is 1470. The van der Waals surface area contributed by atoms with Gasteiger partial charge in [-0.2, -0.15) is 0 Å². The van der Waals surface area contributed by atoms with Gasteiger partial charge >= 0.3 is 5.97 Å². The van der Waals surface area contributed by atoms with Gasteiger partial charge in [0.15, 0.2) is 16.9 Å². The van der Waals surface area contributed by atoms with E-state index in [9.17, 15) is 9.59 Å². The molecule has 1 N–H and O–H groups in total. The lowest BCUT2D eigenvalue weighted by atomic mass is 10.00. The third-order valence-electron chi connectivity index (χ3n) is 5.83. The third-order valence-corrected chi connectivity index (χ3v) is 5.83. The third kappa shape index (κ3) is 3.75. The number of esters is 1. The number of fused-ring (bicyclic) bond motifs is 2. The number of anilines is 1. The summed E-state index contributed by atoms with van der Waals surface area (Å²) in [4.78, 5) is 25.3. The average molecular weight is 457 g/mol. The van der Waals surface area contributed by atoms with Crippen LogP contribution in [0.25, 0.3) is 22.3 Å². The van der Waals surface area contributed by atoms with Crippen LogP contribution in [0.2, 0.25) is 0 Å². The summed E-state index contributed by atoms with van der Waals surface area (Å²) in [5, 5.41) is 3.86. The van der Waals surface area contributed by atoms with Crippen molar-refractivity contribution < 1.29 is 23.4 Å². The van der Waals surface area contributed by atoms with E-state index < -0.39 is 5.97 Å². The van der Waals surface area contributed by atoms with Crippen LogP contribution in [0.5, 0.6) is 11.5 Å². The lowest BCUT2D eigenvalue weighted by Crippen LogP contribution is -2.13. The second-order valence-corrected chi connectivity index (χ2v) is 8.15. The Kier molecular flexibility index (Phi) is 5.45. The molecule has 0 amide bonds. The first-order chi connectivity index (χ1) is 16.5. The smallest absolute Gasteiger partial charge is 0.339 e. The number of rotatable bonds is 5. The van der Waals surface area contributed by atoms with Crippen LogP contribution >= 0.6 is 0 Å². The van der Waals surface area contributed by atoms with Crippen molar-refractivity contribution in [3.63, 3.8) is 0 Å². The molecule has 4 aromatic rings. The van der Waals surface area contributed by atoms with E-state index in [2.05, 4.69) is 5.32 Å². The molecule has 0 aliphatic carbocycles. The molecule has 172 valence electrons. The largest absolute Gasteiger partial charge is 0.465 e. The fourth-order valence-electron chi connectivity index (χ4n) is 4.22. The molecule has 0 saturated carbocycles. The minimum Gasteiger partial charge on any atom is -0.465 e. The molecule has 3 aromatic carbocycles. The SMILES string of the molecule is COC(=O)c1ccccc1NC(C)c1cc(C)cc2c(=O)cc(-c3cccc4c3OCO4)oc12. The van der Waals surface area contributed by atoms with Crippen LogP contribution in [-0.2, 0) is 4.74 Å². The van der Waals surface area contributed by atoms with Crippen molar-refractivity contribution >= 4 is 22.6 Å². The summed E-state index contributed by atoms with van der Waals surface area (Å²) in [7, 11) is 1.35. The van der Waals surface area contributed by atoms with Gasteiger partial charge in [-0.25, -0.2) is 4.79 Å². The Morgan fingerprint density at radius 1 is 1.06 bits per heavy atom. The first kappa shape index (κ1) is 21.6. The van der Waals surface area contributed by atoms with Crippen molar-refractivity contribution in [2.45, 2.75) is 19.9 Å². The van der Waals surface area contributed by atoms with Gasteiger partial charge in [-0.05, 0) is 49.7 Å². The second kappa shape index (κ2) is 8.59. The van der Waals surface area contributed by atoms with E-state index in [0.717, 1.165) is 11.1 Å². The minimum atomic E-state index is -0.432. The van der Waals surface area contributed by atoms with E-state index in [1.165, 1.54) is 13.2 Å². The summed E-state index contributed by atoms with van der Waals surface area (Å²) >= 11 is 0. The van der Waals surface area contributed by atoms with Crippen LogP contribution in [0.4, 0.5) is 5.69 Å². The molecule has 1 aliphatic rings. The van der Waals surface area contributed by atoms with E-state index in [1.807, 2.05) is 56.3 Å². The number of aryl methyl sites for hydroxylation is 1. The number of hydrogen-bond acceptors (Lipinski definition) is 7. The maximum Gasteiger partial charge on any atom is 0.339 e. The number of ether oxygens (including phenoxy) is 3. The highest BCUT2D eigenvalue weighted by molar-refractivity contribution is 5.95. The predicted molar refractivity (Wildman–Crippen MR) is 129 cm³/mol. The molecule has 1 aliphatic heterocycles. The Morgan fingerprint density at radius 3 is 2.71 bits per heavy atom. The van der Waals surface area contributed by atoms with Crippen LogP contribution in [0.3, 0.4) is 0 Å². The average Bonchev–Trinajstić information content (AvgIpc) is 3.33. The van der Waals surface area contributed by atoms with Gasteiger partial charge in [0, 0.05) is 17.3 Å². The molecule has 7 heteroatoms. The standard InChI is InChI=1S/C27H23NO6/c1-15-11-19(16(2)28-21-9-5-4-7-17(21)27(30)31-3)25-20(12-15)22(29)13-24(34-25)18-8-6-10-23-26(18)33-14-32-23/h4-13,16,28H,14H2,1-3H3. The van der Waals surface area contributed by atoms with Crippen molar-refractivity contribution in [1.29, 1.82) is 0 Å². The van der Waals surface area contributed by atoms with E-state index in [-0.39, 0.29) is 18.3 Å². The Balaban J connectivity index is 1.63. The van der Waals surface area contributed by atoms with Crippen LogP contribution in [0, 0.1) is 6.92 Å². The van der Waals surface area contributed by atoms with Gasteiger partial charge in [-0.15, -0.1) is 0 Å². The number of carbonyl (C=O) groups excluding carboxylic acids is 1. The molecule has 0 spiro atoms. The fraction of sp³-hybridized carbons (Fsp3) is 0.185. The number of benzene rings is 3. The lowest BCUT2D eigenvalue weighted by molar-refractivity contribution is 0.0601. The van der Waals surface area contributed by atoms with Crippen LogP contribution in [0.1, 0.15) is 34.5 Å². The van der Waals surface area contributed by atoms with Gasteiger partial charge < -0.3 is 23.9 Å². The van der Waals surface area contributed by atoms with Crippen molar-refractivity contribution in [2.75, 3.05) is 19.2 Å². The van der Waals surface area contributed by atoms with Gasteiger partial charge in [0.25, 0.3) is 0 Å². The molecule has 0 fully saturated rings. The quantitative estimate of drug-likeness (QED) is 0.398. The molecule has 2 heterocycles. The van der Waals surface area contributed by atoms with Crippen molar-refractivity contribution in [3.05, 3.63) is 87.6 Å². The topological polar surface area (TPSA) is 87.0 Å². The molecular weight excluding hydrogens is 434 g/mol. The maximum absolute atomic E-state index is 13.1. The van der Waals surface area contributed by atoms with Gasteiger partial charge in [-0.1, -0.05) is 24.3 Å². The zero-order valence-electron chi connectivity index (χ0n) is 19.0. The first-order valence-electron chi connectivity index (χ1n) is 10.9. The summed E-state index contributed by atoms with van der Waals surface area (Å²) in [6.45, 7) is 4.00. The Labute approximate surface area is 195 Å². The molecule has 1 aromatic heterocycles. The number of nitrogens with one attached hydrogen (secondary N) is 1. The molecule has 1 atom stereocenters. The van der Waals surface area contributed by atoms with Crippen molar-refractivity contribution in [1.82, 2.24) is 0 Å². The van der Waals surface area contributed by atoms with Gasteiger partial charge in [0.05, 0.1) is 29.7 Å². The highest BCUT2D eigenvalue weighted by Crippen LogP contribution is 2.42.